The molecule has 0 saturated carbocycles. The molecule has 1 N–H and O–H groups in total. The Bertz CT molecular complexity index is 886. The summed E-state index contributed by atoms with van der Waals surface area (Å²) in [6.07, 6.45) is 1.40. The van der Waals surface area contributed by atoms with Crippen LogP contribution in [0.15, 0.2) is 42.0 Å². The van der Waals surface area contributed by atoms with Crippen LogP contribution in [-0.4, -0.2) is 27.2 Å². The van der Waals surface area contributed by atoms with Crippen LogP contribution in [0.4, 0.5) is 4.39 Å². The molecule has 2 aromatic carbocycles. The quantitative estimate of drug-likeness (QED) is 0.598. The molecule has 0 spiro atoms. The zero-order valence-corrected chi connectivity index (χ0v) is 15.2. The first-order valence-corrected chi connectivity index (χ1v) is 7.97. The number of methoxy groups -OCH3 is 3. The molecule has 0 unspecified atom stereocenters. The molecule has 2 rings (SSSR count). The lowest BCUT2D eigenvalue weighted by Crippen LogP contribution is -2.24. The number of nitriles is 1. The molecule has 0 atom stereocenters. The van der Waals surface area contributed by atoms with Crippen molar-refractivity contribution in [3.8, 4) is 23.3 Å². The highest BCUT2D eigenvalue weighted by molar-refractivity contribution is 6.02. The van der Waals surface area contributed by atoms with Gasteiger partial charge < -0.3 is 19.5 Å². The Labute approximate surface area is 156 Å². The molecule has 0 heterocycles. The third kappa shape index (κ3) is 4.76. The van der Waals surface area contributed by atoms with Crippen LogP contribution in [0.2, 0.25) is 0 Å². The largest absolute Gasteiger partial charge is 0.493 e. The number of carbonyl (C=O) groups is 1. The minimum absolute atomic E-state index is 0.109. The highest BCUT2D eigenvalue weighted by Crippen LogP contribution is 2.40. The van der Waals surface area contributed by atoms with Gasteiger partial charge in [0.1, 0.15) is 17.5 Å². The third-order valence-corrected chi connectivity index (χ3v) is 3.77. The van der Waals surface area contributed by atoms with E-state index in [0.717, 1.165) is 0 Å². The summed E-state index contributed by atoms with van der Waals surface area (Å²) in [6.45, 7) is 0.168. The lowest BCUT2D eigenvalue weighted by molar-refractivity contribution is -0.117. The summed E-state index contributed by atoms with van der Waals surface area (Å²) < 4.78 is 28.8. The summed E-state index contributed by atoms with van der Waals surface area (Å²) >= 11 is 0. The van der Waals surface area contributed by atoms with E-state index in [0.29, 0.717) is 28.4 Å². The number of benzene rings is 2. The number of hydrogen-bond donors (Lipinski definition) is 1. The Morgan fingerprint density at radius 1 is 1.07 bits per heavy atom. The number of nitrogens with zero attached hydrogens (tertiary/aromatic N) is 1. The van der Waals surface area contributed by atoms with Crippen LogP contribution in [0.25, 0.3) is 6.08 Å². The maximum atomic E-state index is 12.9. The molecule has 0 aliphatic heterocycles. The number of nitrogens with one attached hydrogen (secondary N) is 1. The molecule has 2 aromatic rings. The smallest absolute Gasteiger partial charge is 0.262 e. The topological polar surface area (TPSA) is 80.6 Å². The van der Waals surface area contributed by atoms with Crippen LogP contribution in [0.5, 0.6) is 17.2 Å². The van der Waals surface area contributed by atoms with Crippen molar-refractivity contribution in [3.05, 3.63) is 58.9 Å². The zero-order valence-electron chi connectivity index (χ0n) is 15.2. The Kier molecular flexibility index (Phi) is 6.78. The van der Waals surface area contributed by atoms with Crippen molar-refractivity contribution < 1.29 is 23.4 Å². The Morgan fingerprint density at radius 3 is 2.30 bits per heavy atom. The summed E-state index contributed by atoms with van der Waals surface area (Å²) in [7, 11) is 4.42. The van der Waals surface area contributed by atoms with Crippen molar-refractivity contribution in [2.24, 2.45) is 0 Å². The summed E-state index contributed by atoms with van der Waals surface area (Å²) in [5.74, 6) is 0.251. The van der Waals surface area contributed by atoms with Gasteiger partial charge in [-0.3, -0.25) is 4.79 Å². The Morgan fingerprint density at radius 2 is 1.74 bits per heavy atom. The molecule has 0 radical (unpaired) electrons. The number of halogens is 1. The second-order valence-electron chi connectivity index (χ2n) is 5.40. The molecular weight excluding hydrogens is 351 g/mol. The Balaban J connectivity index is 2.25. The predicted molar refractivity (Wildman–Crippen MR) is 97.9 cm³/mol. The number of amides is 1. The lowest BCUT2D eigenvalue weighted by atomic mass is 10.1. The average Bonchev–Trinajstić information content (AvgIpc) is 2.70. The van der Waals surface area contributed by atoms with Gasteiger partial charge in [-0.2, -0.15) is 5.26 Å². The molecule has 0 fully saturated rings. The fourth-order valence-electron chi connectivity index (χ4n) is 2.42. The van der Waals surface area contributed by atoms with Crippen molar-refractivity contribution >= 4 is 12.0 Å². The molecule has 0 aromatic heterocycles. The van der Waals surface area contributed by atoms with E-state index in [1.807, 2.05) is 6.07 Å². The first kappa shape index (κ1) is 19.8. The molecule has 7 heteroatoms. The van der Waals surface area contributed by atoms with E-state index < -0.39 is 5.91 Å². The summed E-state index contributed by atoms with van der Waals surface area (Å²) in [4.78, 5) is 12.3. The fraction of sp³-hybridized carbons (Fsp3) is 0.200. The first-order valence-electron chi connectivity index (χ1n) is 7.97. The summed E-state index contributed by atoms with van der Waals surface area (Å²) in [5.41, 5.74) is 1.09. The van der Waals surface area contributed by atoms with E-state index in [4.69, 9.17) is 14.2 Å². The molecule has 0 aliphatic carbocycles. The van der Waals surface area contributed by atoms with Gasteiger partial charge in [0.05, 0.1) is 21.3 Å². The summed E-state index contributed by atoms with van der Waals surface area (Å²) in [6, 6.07) is 10.9. The van der Waals surface area contributed by atoms with E-state index in [1.54, 1.807) is 24.3 Å². The molecule has 0 bridgehead atoms. The maximum Gasteiger partial charge on any atom is 0.262 e. The SMILES string of the molecule is COc1ccc(/C=C(/C#N)C(=O)NCc2ccc(F)cc2)c(OC)c1OC. The van der Waals surface area contributed by atoms with Crippen LogP contribution in [-0.2, 0) is 11.3 Å². The van der Waals surface area contributed by atoms with Gasteiger partial charge in [0.2, 0.25) is 5.75 Å². The lowest BCUT2D eigenvalue weighted by Gasteiger charge is -2.14. The van der Waals surface area contributed by atoms with Crippen molar-refractivity contribution in [2.75, 3.05) is 21.3 Å². The van der Waals surface area contributed by atoms with Gasteiger partial charge in [-0.1, -0.05) is 12.1 Å². The number of ether oxygens (including phenoxy) is 3. The fourth-order valence-corrected chi connectivity index (χ4v) is 2.42. The van der Waals surface area contributed by atoms with Gasteiger partial charge in [0.25, 0.3) is 5.91 Å². The number of hydrogen-bond acceptors (Lipinski definition) is 5. The van der Waals surface area contributed by atoms with Gasteiger partial charge in [-0.25, -0.2) is 4.39 Å². The van der Waals surface area contributed by atoms with Crippen LogP contribution in [0, 0.1) is 17.1 Å². The van der Waals surface area contributed by atoms with Crippen molar-refractivity contribution in [1.82, 2.24) is 5.32 Å². The van der Waals surface area contributed by atoms with Crippen LogP contribution < -0.4 is 19.5 Å². The minimum atomic E-state index is -0.557. The van der Waals surface area contributed by atoms with Gasteiger partial charge >= 0.3 is 0 Å². The van der Waals surface area contributed by atoms with E-state index in [1.165, 1.54) is 39.5 Å². The second kappa shape index (κ2) is 9.25. The van der Waals surface area contributed by atoms with Crippen LogP contribution in [0.3, 0.4) is 0 Å². The second-order valence-corrected chi connectivity index (χ2v) is 5.40. The molecule has 1 amide bonds. The van der Waals surface area contributed by atoms with Gasteiger partial charge in [-0.15, -0.1) is 0 Å². The number of rotatable bonds is 7. The molecule has 6 nitrogen and oxygen atoms in total. The van der Waals surface area contributed by atoms with E-state index in [9.17, 15) is 14.4 Å². The summed E-state index contributed by atoms with van der Waals surface area (Å²) in [5, 5.41) is 12.0. The molecule has 0 saturated heterocycles. The van der Waals surface area contributed by atoms with Crippen LogP contribution >= 0.6 is 0 Å². The minimum Gasteiger partial charge on any atom is -0.493 e. The standard InChI is InChI=1S/C20H19FN2O4/c1-25-17-9-6-14(18(26-2)19(17)27-3)10-15(11-22)20(24)23-12-13-4-7-16(21)8-5-13/h4-10H,12H2,1-3H3,(H,23,24)/b15-10-. The third-order valence-electron chi connectivity index (χ3n) is 3.77. The Hall–Kier alpha value is -3.53. The molecule has 27 heavy (non-hydrogen) atoms. The highest BCUT2D eigenvalue weighted by Gasteiger charge is 2.17. The van der Waals surface area contributed by atoms with Crippen molar-refractivity contribution in [1.29, 1.82) is 5.26 Å². The van der Waals surface area contributed by atoms with E-state index in [2.05, 4.69) is 5.32 Å². The normalized spacial score (nSPS) is 10.7. The monoisotopic (exact) mass is 370 g/mol. The van der Waals surface area contributed by atoms with Crippen LogP contribution in [0.1, 0.15) is 11.1 Å². The van der Waals surface area contributed by atoms with E-state index >= 15 is 0 Å². The highest BCUT2D eigenvalue weighted by atomic mass is 19.1. The van der Waals surface area contributed by atoms with Crippen molar-refractivity contribution in [2.45, 2.75) is 6.54 Å². The van der Waals surface area contributed by atoms with Gasteiger partial charge in [-0.05, 0) is 35.9 Å². The molecule has 0 aliphatic rings. The number of carbonyl (C=O) groups excluding carboxylic acids is 1. The molecule has 140 valence electrons. The molecular formula is C20H19FN2O4. The van der Waals surface area contributed by atoms with Gasteiger partial charge in [0, 0.05) is 12.1 Å². The van der Waals surface area contributed by atoms with E-state index in [-0.39, 0.29) is 17.9 Å². The zero-order chi connectivity index (χ0) is 19.8. The first-order chi connectivity index (χ1) is 13.0. The van der Waals surface area contributed by atoms with Crippen molar-refractivity contribution in [3.63, 3.8) is 0 Å². The van der Waals surface area contributed by atoms with Gasteiger partial charge in [0.15, 0.2) is 11.5 Å². The predicted octanol–water partition coefficient (Wildman–Crippen LogP) is 3.07. The maximum absolute atomic E-state index is 12.9. The average molecular weight is 370 g/mol.